The van der Waals surface area contributed by atoms with Crippen LogP contribution < -0.4 is 0 Å². The smallest absolute Gasteiger partial charge is 0.374 e. The first-order chi connectivity index (χ1) is 6.74. The minimum absolute atomic E-state index is 0.281. The topological polar surface area (TPSA) is 43.4 Å². The maximum Gasteiger partial charge on any atom is 0.374 e. The molecule has 1 heterocycles. The van der Waals surface area contributed by atoms with Crippen LogP contribution in [-0.2, 0) is 14.3 Å². The van der Waals surface area contributed by atoms with E-state index in [9.17, 15) is 9.59 Å². The molecule has 1 fully saturated rings. The Labute approximate surface area is 88.6 Å². The Morgan fingerprint density at radius 3 is 2.86 bits per heavy atom. The summed E-state index contributed by atoms with van der Waals surface area (Å²) in [5.41, 5.74) is 0. The quantitative estimate of drug-likeness (QED) is 0.519. The average molecular weight is 216 g/mol. The van der Waals surface area contributed by atoms with Crippen LogP contribution in [0.1, 0.15) is 32.6 Å². The predicted octanol–water partition coefficient (Wildman–Crippen LogP) is 1.79. The van der Waals surface area contributed by atoms with E-state index in [-0.39, 0.29) is 12.4 Å². The highest BCUT2D eigenvalue weighted by Gasteiger charge is 2.20. The van der Waals surface area contributed by atoms with Crippen LogP contribution in [0.4, 0.5) is 0 Å². The van der Waals surface area contributed by atoms with E-state index in [2.05, 4.69) is 4.74 Å². The number of rotatable bonds is 5. The Kier molecular flexibility index (Phi) is 5.01. The monoisotopic (exact) mass is 216 g/mol. The van der Waals surface area contributed by atoms with Crippen molar-refractivity contribution < 1.29 is 14.3 Å². The number of esters is 1. The number of ether oxygens (including phenoxy) is 1. The van der Waals surface area contributed by atoms with Gasteiger partial charge in [-0.1, -0.05) is 0 Å². The van der Waals surface area contributed by atoms with Gasteiger partial charge in [-0.2, -0.15) is 11.8 Å². The fraction of sp³-hybridized carbons (Fsp3) is 0.800. The van der Waals surface area contributed by atoms with Crippen molar-refractivity contribution in [2.75, 3.05) is 12.4 Å². The lowest BCUT2D eigenvalue weighted by Crippen LogP contribution is -2.18. The second kappa shape index (κ2) is 6.06. The van der Waals surface area contributed by atoms with Crippen molar-refractivity contribution in [3.8, 4) is 0 Å². The molecule has 3 nitrogen and oxygen atoms in total. The summed E-state index contributed by atoms with van der Waals surface area (Å²) in [6.07, 6.45) is 3.59. The first-order valence-electron chi connectivity index (χ1n) is 5.05. The summed E-state index contributed by atoms with van der Waals surface area (Å²) in [7, 11) is 0. The molecule has 1 unspecified atom stereocenters. The molecule has 0 radical (unpaired) electrons. The number of hydrogen-bond acceptors (Lipinski definition) is 4. The SMILES string of the molecule is CCOC(=O)C(=O)CCC1CCCS1. The molecule has 0 bridgehead atoms. The summed E-state index contributed by atoms with van der Waals surface area (Å²) in [5.74, 6) is 0.146. The highest BCUT2D eigenvalue weighted by Crippen LogP contribution is 2.29. The van der Waals surface area contributed by atoms with Crippen LogP contribution in [0.15, 0.2) is 0 Å². The van der Waals surface area contributed by atoms with Crippen molar-refractivity contribution in [2.45, 2.75) is 37.9 Å². The van der Waals surface area contributed by atoms with Crippen molar-refractivity contribution >= 4 is 23.5 Å². The van der Waals surface area contributed by atoms with Gasteiger partial charge in [0.25, 0.3) is 0 Å². The zero-order chi connectivity index (χ0) is 10.4. The number of carbonyl (C=O) groups excluding carboxylic acids is 2. The molecule has 0 N–H and O–H groups in total. The molecule has 14 heavy (non-hydrogen) atoms. The lowest BCUT2D eigenvalue weighted by atomic mass is 10.1. The maximum atomic E-state index is 11.2. The van der Waals surface area contributed by atoms with Crippen LogP contribution in [0.2, 0.25) is 0 Å². The van der Waals surface area contributed by atoms with Gasteiger partial charge in [-0.25, -0.2) is 4.79 Å². The van der Waals surface area contributed by atoms with Crippen molar-refractivity contribution in [1.82, 2.24) is 0 Å². The second-order valence-corrected chi connectivity index (χ2v) is 4.73. The van der Waals surface area contributed by atoms with Gasteiger partial charge in [0.05, 0.1) is 6.61 Å². The van der Waals surface area contributed by atoms with E-state index in [1.54, 1.807) is 6.92 Å². The molecular formula is C10H16O3S. The van der Waals surface area contributed by atoms with E-state index in [1.807, 2.05) is 11.8 Å². The minimum atomic E-state index is -0.671. The fourth-order valence-electron chi connectivity index (χ4n) is 1.48. The van der Waals surface area contributed by atoms with Gasteiger partial charge in [0.15, 0.2) is 0 Å². The maximum absolute atomic E-state index is 11.2. The van der Waals surface area contributed by atoms with E-state index >= 15 is 0 Å². The number of ketones is 1. The molecule has 0 aliphatic carbocycles. The zero-order valence-electron chi connectivity index (χ0n) is 8.45. The van der Waals surface area contributed by atoms with Crippen LogP contribution in [0.25, 0.3) is 0 Å². The van der Waals surface area contributed by atoms with Crippen molar-refractivity contribution in [3.05, 3.63) is 0 Å². The highest BCUT2D eigenvalue weighted by molar-refractivity contribution is 8.00. The molecular weight excluding hydrogens is 200 g/mol. The van der Waals surface area contributed by atoms with E-state index in [1.165, 1.54) is 18.6 Å². The molecule has 1 saturated heterocycles. The van der Waals surface area contributed by atoms with Gasteiger partial charge in [-0.15, -0.1) is 0 Å². The Hall–Kier alpha value is -0.510. The van der Waals surface area contributed by atoms with Gasteiger partial charge in [-0.05, 0) is 31.9 Å². The van der Waals surface area contributed by atoms with Gasteiger partial charge in [0.1, 0.15) is 0 Å². The van der Waals surface area contributed by atoms with Crippen LogP contribution in [0.3, 0.4) is 0 Å². The molecule has 4 heteroatoms. The molecule has 1 atom stereocenters. The summed E-state index contributed by atoms with van der Waals surface area (Å²) in [6, 6.07) is 0. The van der Waals surface area contributed by atoms with Gasteiger partial charge in [-0.3, -0.25) is 4.79 Å². The van der Waals surface area contributed by atoms with Crippen molar-refractivity contribution in [2.24, 2.45) is 0 Å². The Morgan fingerprint density at radius 1 is 1.50 bits per heavy atom. The van der Waals surface area contributed by atoms with E-state index in [0.29, 0.717) is 11.7 Å². The third kappa shape index (κ3) is 3.70. The molecule has 0 aromatic rings. The summed E-state index contributed by atoms with van der Waals surface area (Å²) >= 11 is 1.91. The second-order valence-electron chi connectivity index (χ2n) is 3.32. The molecule has 1 aliphatic rings. The van der Waals surface area contributed by atoms with Gasteiger partial charge in [0.2, 0.25) is 5.78 Å². The molecule has 0 aromatic carbocycles. The summed E-state index contributed by atoms with van der Waals surface area (Å²) < 4.78 is 4.62. The molecule has 1 rings (SSSR count). The minimum Gasteiger partial charge on any atom is -0.460 e. The Balaban J connectivity index is 2.16. The number of thioether (sulfide) groups is 1. The third-order valence-corrected chi connectivity index (χ3v) is 3.69. The molecule has 80 valence electrons. The van der Waals surface area contributed by atoms with E-state index in [4.69, 9.17) is 0 Å². The zero-order valence-corrected chi connectivity index (χ0v) is 9.27. The molecule has 0 aromatic heterocycles. The van der Waals surface area contributed by atoms with Crippen molar-refractivity contribution in [1.29, 1.82) is 0 Å². The van der Waals surface area contributed by atoms with Crippen LogP contribution >= 0.6 is 11.8 Å². The van der Waals surface area contributed by atoms with Gasteiger partial charge in [0, 0.05) is 11.7 Å². The molecule has 1 aliphatic heterocycles. The normalized spacial score (nSPS) is 20.8. The van der Waals surface area contributed by atoms with Gasteiger partial charge < -0.3 is 4.74 Å². The number of carbonyl (C=O) groups is 2. The lowest BCUT2D eigenvalue weighted by Gasteiger charge is -2.06. The van der Waals surface area contributed by atoms with Crippen LogP contribution in [-0.4, -0.2) is 29.4 Å². The van der Waals surface area contributed by atoms with Crippen molar-refractivity contribution in [3.63, 3.8) is 0 Å². The summed E-state index contributed by atoms with van der Waals surface area (Å²) in [4.78, 5) is 22.2. The molecule has 0 amide bonds. The first-order valence-corrected chi connectivity index (χ1v) is 6.10. The summed E-state index contributed by atoms with van der Waals surface area (Å²) in [6.45, 7) is 1.99. The molecule has 0 saturated carbocycles. The third-order valence-electron chi connectivity index (χ3n) is 2.22. The fourth-order valence-corrected chi connectivity index (χ4v) is 2.76. The Morgan fingerprint density at radius 2 is 2.29 bits per heavy atom. The Bertz CT molecular complexity index is 209. The predicted molar refractivity (Wildman–Crippen MR) is 56.4 cm³/mol. The average Bonchev–Trinajstić information content (AvgIpc) is 2.67. The van der Waals surface area contributed by atoms with Gasteiger partial charge >= 0.3 is 5.97 Å². The highest BCUT2D eigenvalue weighted by atomic mass is 32.2. The summed E-state index contributed by atoms with van der Waals surface area (Å²) in [5, 5.41) is 0.577. The standard InChI is InChI=1S/C10H16O3S/c1-2-13-10(12)9(11)6-5-8-4-3-7-14-8/h8H,2-7H2,1H3. The first kappa shape index (κ1) is 11.6. The molecule has 0 spiro atoms. The van der Waals surface area contributed by atoms with E-state index < -0.39 is 5.97 Å². The van der Waals surface area contributed by atoms with Crippen LogP contribution in [0, 0.1) is 0 Å². The van der Waals surface area contributed by atoms with Crippen LogP contribution in [0.5, 0.6) is 0 Å². The lowest BCUT2D eigenvalue weighted by molar-refractivity contribution is -0.153. The number of Topliss-reactive ketones (excluding diaryl/α,β-unsaturated/α-hetero) is 1. The largest absolute Gasteiger partial charge is 0.460 e. The van der Waals surface area contributed by atoms with E-state index in [0.717, 1.165) is 6.42 Å². The number of hydrogen-bond donors (Lipinski definition) is 0.